The van der Waals surface area contributed by atoms with E-state index in [4.69, 9.17) is 5.26 Å². The van der Waals surface area contributed by atoms with E-state index in [1.165, 1.54) is 11.1 Å². The third-order valence-electron chi connectivity index (χ3n) is 2.49. The molecule has 0 unspecified atom stereocenters. The summed E-state index contributed by atoms with van der Waals surface area (Å²) in [4.78, 5) is 0. The second kappa shape index (κ2) is 3.59. The van der Waals surface area contributed by atoms with Gasteiger partial charge < -0.3 is 5.32 Å². The number of nitrogens with zero attached hydrogens (tertiary/aromatic N) is 1. The number of hydrogen-bond acceptors (Lipinski definition) is 2. The fourth-order valence-electron chi connectivity index (χ4n) is 1.81. The minimum absolute atomic E-state index is 0.848. The molecule has 0 fully saturated rings. The van der Waals surface area contributed by atoms with E-state index in [1.54, 1.807) is 0 Å². The van der Waals surface area contributed by atoms with Gasteiger partial charge in [-0.25, -0.2) is 0 Å². The van der Waals surface area contributed by atoms with Crippen LogP contribution >= 0.6 is 0 Å². The Morgan fingerprint density at radius 1 is 1.38 bits per heavy atom. The molecule has 0 aliphatic carbocycles. The van der Waals surface area contributed by atoms with Gasteiger partial charge in [-0.3, -0.25) is 0 Å². The van der Waals surface area contributed by atoms with Crippen molar-refractivity contribution in [1.29, 1.82) is 5.26 Å². The van der Waals surface area contributed by atoms with Gasteiger partial charge in [-0.1, -0.05) is 12.1 Å². The largest absolute Gasteiger partial charge is 0.313 e. The molecule has 2 nitrogen and oxygen atoms in total. The van der Waals surface area contributed by atoms with Crippen LogP contribution in [0.1, 0.15) is 23.1 Å². The zero-order valence-corrected chi connectivity index (χ0v) is 7.51. The monoisotopic (exact) mass is 172 g/mol. The van der Waals surface area contributed by atoms with Crippen LogP contribution in [0.5, 0.6) is 0 Å². The quantitative estimate of drug-likeness (QED) is 0.645. The lowest BCUT2D eigenvalue weighted by molar-refractivity contribution is 0.680. The Morgan fingerprint density at radius 3 is 3.15 bits per heavy atom. The lowest BCUT2D eigenvalue weighted by Gasteiger charge is -2.05. The van der Waals surface area contributed by atoms with E-state index in [-0.39, 0.29) is 0 Å². The highest BCUT2D eigenvalue weighted by Crippen LogP contribution is 2.18. The topological polar surface area (TPSA) is 35.8 Å². The summed E-state index contributed by atoms with van der Waals surface area (Å²) in [7, 11) is 0. The molecule has 1 heterocycles. The first-order valence-corrected chi connectivity index (χ1v) is 4.63. The average Bonchev–Trinajstić information content (AvgIpc) is 2.41. The first-order valence-electron chi connectivity index (χ1n) is 4.63. The fourth-order valence-corrected chi connectivity index (χ4v) is 1.81. The van der Waals surface area contributed by atoms with Gasteiger partial charge in [0.15, 0.2) is 0 Å². The van der Waals surface area contributed by atoms with Gasteiger partial charge in [-0.05, 0) is 36.6 Å². The SMILES string of the molecule is N#Cc1cccc2c1CCCNC2. The van der Waals surface area contributed by atoms with Crippen LogP contribution in [-0.2, 0) is 13.0 Å². The molecule has 0 bridgehead atoms. The third kappa shape index (κ3) is 1.56. The Balaban J connectivity index is 2.47. The van der Waals surface area contributed by atoms with Gasteiger partial charge in [0.2, 0.25) is 0 Å². The molecule has 2 heteroatoms. The number of hydrogen-bond donors (Lipinski definition) is 1. The second-order valence-electron chi connectivity index (χ2n) is 3.34. The molecule has 1 aromatic rings. The normalized spacial score (nSPS) is 15.6. The highest BCUT2D eigenvalue weighted by atomic mass is 14.8. The van der Waals surface area contributed by atoms with E-state index < -0.39 is 0 Å². The number of nitriles is 1. The van der Waals surface area contributed by atoms with Crippen molar-refractivity contribution in [3.8, 4) is 6.07 Å². The molecular weight excluding hydrogens is 160 g/mol. The molecule has 0 atom stereocenters. The minimum atomic E-state index is 0.848. The number of rotatable bonds is 0. The van der Waals surface area contributed by atoms with Gasteiger partial charge in [-0.2, -0.15) is 5.26 Å². The minimum Gasteiger partial charge on any atom is -0.313 e. The standard InChI is InChI=1S/C11H12N2/c12-7-9-3-1-4-10-8-13-6-2-5-11(9)10/h1,3-4,13H,2,5-6,8H2. The van der Waals surface area contributed by atoms with Crippen molar-refractivity contribution < 1.29 is 0 Å². The molecule has 2 rings (SSSR count). The molecule has 0 radical (unpaired) electrons. The smallest absolute Gasteiger partial charge is 0.0994 e. The van der Waals surface area contributed by atoms with Gasteiger partial charge in [0.25, 0.3) is 0 Å². The first-order chi connectivity index (χ1) is 6.42. The molecule has 0 aromatic heterocycles. The third-order valence-corrected chi connectivity index (χ3v) is 2.49. The molecule has 1 aliphatic rings. The van der Waals surface area contributed by atoms with Crippen molar-refractivity contribution in [2.24, 2.45) is 0 Å². The summed E-state index contributed by atoms with van der Waals surface area (Å²) < 4.78 is 0. The van der Waals surface area contributed by atoms with E-state index in [0.717, 1.165) is 31.5 Å². The summed E-state index contributed by atoms with van der Waals surface area (Å²) in [5.74, 6) is 0. The second-order valence-corrected chi connectivity index (χ2v) is 3.34. The van der Waals surface area contributed by atoms with Crippen LogP contribution in [0.15, 0.2) is 18.2 Å². The summed E-state index contributed by atoms with van der Waals surface area (Å²) in [5.41, 5.74) is 3.38. The molecule has 66 valence electrons. The Kier molecular flexibility index (Phi) is 2.29. The van der Waals surface area contributed by atoms with Gasteiger partial charge in [0.1, 0.15) is 0 Å². The van der Waals surface area contributed by atoms with Crippen LogP contribution in [0.4, 0.5) is 0 Å². The molecule has 0 saturated carbocycles. The Bertz CT molecular complexity index is 350. The van der Waals surface area contributed by atoms with Crippen LogP contribution in [-0.4, -0.2) is 6.54 Å². The maximum Gasteiger partial charge on any atom is 0.0994 e. The van der Waals surface area contributed by atoms with E-state index in [1.807, 2.05) is 12.1 Å². The molecular formula is C11H12N2. The first kappa shape index (κ1) is 8.28. The molecule has 0 spiro atoms. The van der Waals surface area contributed by atoms with Gasteiger partial charge >= 0.3 is 0 Å². The molecule has 1 aliphatic heterocycles. The van der Waals surface area contributed by atoms with Gasteiger partial charge in [0, 0.05) is 6.54 Å². The Morgan fingerprint density at radius 2 is 2.31 bits per heavy atom. The lowest BCUT2D eigenvalue weighted by atomic mass is 9.99. The summed E-state index contributed by atoms with van der Waals surface area (Å²) in [6, 6.07) is 8.23. The van der Waals surface area contributed by atoms with E-state index in [2.05, 4.69) is 17.5 Å². The van der Waals surface area contributed by atoms with Crippen LogP contribution in [0, 0.1) is 11.3 Å². The van der Waals surface area contributed by atoms with Crippen LogP contribution in [0.2, 0.25) is 0 Å². The van der Waals surface area contributed by atoms with Crippen molar-refractivity contribution in [1.82, 2.24) is 5.32 Å². The molecule has 1 aromatic carbocycles. The van der Waals surface area contributed by atoms with Crippen LogP contribution in [0.3, 0.4) is 0 Å². The molecule has 0 amide bonds. The maximum atomic E-state index is 8.92. The zero-order chi connectivity index (χ0) is 9.10. The maximum absolute atomic E-state index is 8.92. The number of benzene rings is 1. The molecule has 0 saturated heterocycles. The van der Waals surface area contributed by atoms with Gasteiger partial charge in [-0.15, -0.1) is 0 Å². The Hall–Kier alpha value is -1.33. The van der Waals surface area contributed by atoms with Crippen molar-refractivity contribution in [3.05, 3.63) is 34.9 Å². The number of nitrogens with one attached hydrogen (secondary N) is 1. The van der Waals surface area contributed by atoms with Crippen molar-refractivity contribution in [2.75, 3.05) is 6.54 Å². The zero-order valence-electron chi connectivity index (χ0n) is 7.51. The average molecular weight is 172 g/mol. The van der Waals surface area contributed by atoms with E-state index >= 15 is 0 Å². The molecule has 1 N–H and O–H groups in total. The summed E-state index contributed by atoms with van der Waals surface area (Å²) in [6.07, 6.45) is 2.16. The highest BCUT2D eigenvalue weighted by molar-refractivity contribution is 5.43. The van der Waals surface area contributed by atoms with E-state index in [0.29, 0.717) is 0 Å². The van der Waals surface area contributed by atoms with E-state index in [9.17, 15) is 0 Å². The number of fused-ring (bicyclic) bond motifs is 1. The molecule has 13 heavy (non-hydrogen) atoms. The lowest BCUT2D eigenvalue weighted by Crippen LogP contribution is -2.11. The van der Waals surface area contributed by atoms with Crippen LogP contribution < -0.4 is 5.32 Å². The van der Waals surface area contributed by atoms with Gasteiger partial charge in [0.05, 0.1) is 11.6 Å². The predicted molar refractivity (Wildman–Crippen MR) is 51.2 cm³/mol. The summed E-state index contributed by atoms with van der Waals surface area (Å²) in [6.45, 7) is 1.96. The predicted octanol–water partition coefficient (Wildman–Crippen LogP) is 1.59. The van der Waals surface area contributed by atoms with Crippen molar-refractivity contribution in [3.63, 3.8) is 0 Å². The highest BCUT2D eigenvalue weighted by Gasteiger charge is 2.10. The Labute approximate surface area is 78.2 Å². The van der Waals surface area contributed by atoms with Crippen molar-refractivity contribution >= 4 is 0 Å². The summed E-state index contributed by atoms with van der Waals surface area (Å²) in [5, 5.41) is 12.3. The van der Waals surface area contributed by atoms with Crippen LogP contribution in [0.25, 0.3) is 0 Å². The fraction of sp³-hybridized carbons (Fsp3) is 0.364. The summed E-state index contributed by atoms with van der Waals surface area (Å²) >= 11 is 0. The van der Waals surface area contributed by atoms with Crippen molar-refractivity contribution in [2.45, 2.75) is 19.4 Å².